The summed E-state index contributed by atoms with van der Waals surface area (Å²) >= 11 is 0. The number of ether oxygens (including phenoxy) is 1. The average molecular weight is 275 g/mol. The van der Waals surface area contributed by atoms with Crippen molar-refractivity contribution in [3.63, 3.8) is 0 Å². The molecular weight excluding hydrogens is 254 g/mol. The van der Waals surface area contributed by atoms with Crippen molar-refractivity contribution in [1.82, 2.24) is 5.32 Å². The quantitative estimate of drug-likeness (QED) is 0.866. The van der Waals surface area contributed by atoms with Crippen LogP contribution in [-0.4, -0.2) is 45.3 Å². The van der Waals surface area contributed by atoms with Gasteiger partial charge in [0.25, 0.3) is 0 Å². The Labute approximate surface area is 119 Å². The maximum atomic E-state index is 12.0. The fourth-order valence-corrected chi connectivity index (χ4v) is 2.70. The molecule has 3 rings (SSSR count). The first-order valence-electron chi connectivity index (χ1n) is 7.27. The zero-order chi connectivity index (χ0) is 13.8. The summed E-state index contributed by atoms with van der Waals surface area (Å²) in [5.74, 6) is 0.225. The number of carbonyl (C=O) groups excluding carboxylic acids is 1. The van der Waals surface area contributed by atoms with Crippen LogP contribution in [-0.2, 0) is 9.53 Å². The fraction of sp³-hybridized carbons (Fsp3) is 0.533. The Morgan fingerprint density at radius 1 is 1.25 bits per heavy atom. The van der Waals surface area contributed by atoms with Gasteiger partial charge in [-0.1, -0.05) is 0 Å². The number of amides is 1. The minimum atomic E-state index is 0.105. The molecule has 0 aromatic heterocycles. The molecule has 20 heavy (non-hydrogen) atoms. The van der Waals surface area contributed by atoms with Crippen molar-refractivity contribution < 1.29 is 9.53 Å². The van der Waals surface area contributed by atoms with E-state index in [9.17, 15) is 4.79 Å². The number of carbonyl (C=O) groups is 1. The molecule has 2 aliphatic heterocycles. The van der Waals surface area contributed by atoms with Crippen LogP contribution in [0.2, 0.25) is 0 Å². The summed E-state index contributed by atoms with van der Waals surface area (Å²) in [6.07, 6.45) is 0.928. The van der Waals surface area contributed by atoms with Crippen LogP contribution < -0.4 is 15.5 Å². The highest BCUT2D eigenvalue weighted by Gasteiger charge is 2.22. The largest absolute Gasteiger partial charge is 0.378 e. The van der Waals surface area contributed by atoms with Gasteiger partial charge in [-0.3, -0.25) is 4.79 Å². The Bertz CT molecular complexity index is 449. The lowest BCUT2D eigenvalue weighted by Gasteiger charge is -2.28. The van der Waals surface area contributed by atoms with Crippen molar-refractivity contribution in [2.24, 2.45) is 5.92 Å². The minimum Gasteiger partial charge on any atom is -0.378 e. The molecule has 0 aliphatic carbocycles. The van der Waals surface area contributed by atoms with Crippen molar-refractivity contribution in [1.29, 1.82) is 0 Å². The number of nitrogens with zero attached hydrogens (tertiary/aromatic N) is 1. The second-order valence-electron chi connectivity index (χ2n) is 5.33. The van der Waals surface area contributed by atoms with E-state index >= 15 is 0 Å². The molecule has 1 atom stereocenters. The van der Waals surface area contributed by atoms with Crippen molar-refractivity contribution in [3.8, 4) is 0 Å². The third kappa shape index (κ3) is 3.11. The van der Waals surface area contributed by atoms with E-state index < -0.39 is 0 Å². The van der Waals surface area contributed by atoms with Gasteiger partial charge < -0.3 is 20.3 Å². The van der Waals surface area contributed by atoms with Crippen molar-refractivity contribution in [2.45, 2.75) is 6.42 Å². The highest BCUT2D eigenvalue weighted by atomic mass is 16.5. The normalized spacial score (nSPS) is 22.8. The van der Waals surface area contributed by atoms with Gasteiger partial charge in [-0.05, 0) is 37.2 Å². The molecule has 2 aliphatic rings. The topological polar surface area (TPSA) is 53.6 Å². The summed E-state index contributed by atoms with van der Waals surface area (Å²) in [6, 6.07) is 8.08. The van der Waals surface area contributed by atoms with Crippen LogP contribution in [0.15, 0.2) is 24.3 Å². The molecule has 1 unspecified atom stereocenters. The number of benzene rings is 1. The van der Waals surface area contributed by atoms with E-state index in [0.29, 0.717) is 0 Å². The highest BCUT2D eigenvalue weighted by molar-refractivity contribution is 5.93. The summed E-state index contributed by atoms with van der Waals surface area (Å²) in [7, 11) is 0. The molecular formula is C15H21N3O2. The molecule has 0 spiro atoms. The van der Waals surface area contributed by atoms with Crippen LogP contribution in [0.3, 0.4) is 0 Å². The van der Waals surface area contributed by atoms with Gasteiger partial charge in [-0.15, -0.1) is 0 Å². The van der Waals surface area contributed by atoms with Crippen molar-refractivity contribution in [2.75, 3.05) is 49.6 Å². The molecule has 0 radical (unpaired) electrons. The SMILES string of the molecule is O=C(Nc1ccc(N2CCOCC2)cc1)C1CCNC1. The summed E-state index contributed by atoms with van der Waals surface area (Å²) in [6.45, 7) is 5.16. The predicted molar refractivity (Wildman–Crippen MR) is 79.1 cm³/mol. The Morgan fingerprint density at radius 2 is 2.00 bits per heavy atom. The van der Waals surface area contributed by atoms with Crippen molar-refractivity contribution >= 4 is 17.3 Å². The molecule has 5 nitrogen and oxygen atoms in total. The lowest BCUT2D eigenvalue weighted by atomic mass is 10.1. The molecule has 0 bridgehead atoms. The summed E-state index contributed by atoms with van der Waals surface area (Å²) in [5.41, 5.74) is 2.06. The smallest absolute Gasteiger partial charge is 0.228 e. The van der Waals surface area contributed by atoms with E-state index in [2.05, 4.69) is 27.7 Å². The van der Waals surface area contributed by atoms with E-state index in [0.717, 1.165) is 51.5 Å². The number of nitrogens with one attached hydrogen (secondary N) is 2. The number of anilines is 2. The third-order valence-corrected chi connectivity index (χ3v) is 3.94. The van der Waals surface area contributed by atoms with Crippen molar-refractivity contribution in [3.05, 3.63) is 24.3 Å². The standard InChI is InChI=1S/C15H21N3O2/c19-15(12-5-6-16-11-12)17-13-1-3-14(4-2-13)18-7-9-20-10-8-18/h1-4,12,16H,5-11H2,(H,17,19). The Balaban J connectivity index is 1.59. The van der Waals surface area contributed by atoms with Gasteiger partial charge in [0, 0.05) is 31.0 Å². The Kier molecular flexibility index (Phi) is 4.18. The maximum absolute atomic E-state index is 12.0. The zero-order valence-corrected chi connectivity index (χ0v) is 11.6. The zero-order valence-electron chi connectivity index (χ0n) is 11.6. The first kappa shape index (κ1) is 13.4. The van der Waals surface area contributed by atoms with Gasteiger partial charge in [0.2, 0.25) is 5.91 Å². The first-order chi connectivity index (χ1) is 9.83. The molecule has 2 fully saturated rings. The second-order valence-corrected chi connectivity index (χ2v) is 5.33. The van der Waals surface area contributed by atoms with Gasteiger partial charge in [-0.25, -0.2) is 0 Å². The first-order valence-corrected chi connectivity index (χ1v) is 7.27. The molecule has 1 amide bonds. The van der Waals surface area contributed by atoms with Gasteiger partial charge in [-0.2, -0.15) is 0 Å². The van der Waals surface area contributed by atoms with E-state index in [1.165, 1.54) is 5.69 Å². The molecule has 5 heteroatoms. The molecule has 2 N–H and O–H groups in total. The van der Waals surface area contributed by atoms with Gasteiger partial charge in [0.15, 0.2) is 0 Å². The predicted octanol–water partition coefficient (Wildman–Crippen LogP) is 1.07. The van der Waals surface area contributed by atoms with Crippen LogP contribution in [0.4, 0.5) is 11.4 Å². The Morgan fingerprint density at radius 3 is 2.65 bits per heavy atom. The van der Waals surface area contributed by atoms with Gasteiger partial charge in [0.05, 0.1) is 19.1 Å². The lowest BCUT2D eigenvalue weighted by molar-refractivity contribution is -0.119. The third-order valence-electron chi connectivity index (χ3n) is 3.94. The molecule has 1 aromatic carbocycles. The number of hydrogen-bond donors (Lipinski definition) is 2. The summed E-state index contributed by atoms with van der Waals surface area (Å²) in [4.78, 5) is 14.3. The minimum absolute atomic E-state index is 0.105. The van der Waals surface area contributed by atoms with Crippen LogP contribution in [0.5, 0.6) is 0 Å². The van der Waals surface area contributed by atoms with E-state index in [-0.39, 0.29) is 11.8 Å². The van der Waals surface area contributed by atoms with Crippen LogP contribution >= 0.6 is 0 Å². The van der Waals surface area contributed by atoms with Crippen LogP contribution in [0, 0.1) is 5.92 Å². The van der Waals surface area contributed by atoms with E-state index in [4.69, 9.17) is 4.74 Å². The monoisotopic (exact) mass is 275 g/mol. The Hall–Kier alpha value is -1.59. The fourth-order valence-electron chi connectivity index (χ4n) is 2.70. The second kappa shape index (κ2) is 6.24. The number of morpholine rings is 1. The van der Waals surface area contributed by atoms with Crippen LogP contribution in [0.25, 0.3) is 0 Å². The molecule has 0 saturated carbocycles. The van der Waals surface area contributed by atoms with E-state index in [1.54, 1.807) is 0 Å². The molecule has 2 saturated heterocycles. The van der Waals surface area contributed by atoms with E-state index in [1.807, 2.05) is 12.1 Å². The average Bonchev–Trinajstić information content (AvgIpc) is 3.03. The highest BCUT2D eigenvalue weighted by Crippen LogP contribution is 2.20. The maximum Gasteiger partial charge on any atom is 0.228 e. The van der Waals surface area contributed by atoms with Gasteiger partial charge in [0.1, 0.15) is 0 Å². The molecule has 108 valence electrons. The van der Waals surface area contributed by atoms with Gasteiger partial charge >= 0.3 is 0 Å². The van der Waals surface area contributed by atoms with Crippen LogP contribution in [0.1, 0.15) is 6.42 Å². The number of rotatable bonds is 3. The molecule has 2 heterocycles. The lowest BCUT2D eigenvalue weighted by Crippen LogP contribution is -2.36. The summed E-state index contributed by atoms with van der Waals surface area (Å²) in [5, 5.41) is 6.20. The summed E-state index contributed by atoms with van der Waals surface area (Å²) < 4.78 is 5.35. The number of hydrogen-bond acceptors (Lipinski definition) is 4. The molecule has 1 aromatic rings.